The molecule has 20 heavy (non-hydrogen) atoms. The average molecular weight is 267 g/mol. The van der Waals surface area contributed by atoms with Gasteiger partial charge in [0, 0.05) is 23.0 Å². The first-order chi connectivity index (χ1) is 9.65. The monoisotopic (exact) mass is 267 g/mol. The van der Waals surface area contributed by atoms with Crippen molar-refractivity contribution in [2.75, 3.05) is 12.4 Å². The summed E-state index contributed by atoms with van der Waals surface area (Å²) in [6, 6.07) is 9.52. The molecule has 4 nitrogen and oxygen atoms in total. The second-order valence-corrected chi connectivity index (χ2v) is 4.59. The normalized spacial score (nSPS) is 9.90. The molecule has 1 heterocycles. The van der Waals surface area contributed by atoms with Gasteiger partial charge in [-0.25, -0.2) is 0 Å². The van der Waals surface area contributed by atoms with Gasteiger partial charge in [0.15, 0.2) is 0 Å². The van der Waals surface area contributed by atoms with Crippen molar-refractivity contribution in [3.05, 3.63) is 52.8 Å². The Morgan fingerprint density at radius 1 is 1.35 bits per heavy atom. The zero-order chi connectivity index (χ0) is 14.5. The molecule has 1 N–H and O–H groups in total. The van der Waals surface area contributed by atoms with E-state index in [-0.39, 0.29) is 0 Å². The molecule has 2 aromatic rings. The summed E-state index contributed by atoms with van der Waals surface area (Å²) in [6.07, 6.45) is 1.81. The fourth-order valence-corrected chi connectivity index (χ4v) is 2.13. The minimum absolute atomic E-state index is 0.595. The molecular weight excluding hydrogens is 250 g/mol. The van der Waals surface area contributed by atoms with Crippen LogP contribution in [0.25, 0.3) is 0 Å². The van der Waals surface area contributed by atoms with Crippen LogP contribution in [0, 0.1) is 25.2 Å². The van der Waals surface area contributed by atoms with Crippen LogP contribution < -0.4 is 10.1 Å². The number of rotatable bonds is 4. The Labute approximate surface area is 119 Å². The van der Waals surface area contributed by atoms with Gasteiger partial charge in [-0.2, -0.15) is 5.26 Å². The summed E-state index contributed by atoms with van der Waals surface area (Å²) in [6.45, 7) is 4.57. The largest absolute Gasteiger partial charge is 0.496 e. The number of methoxy groups -OCH3 is 1. The highest BCUT2D eigenvalue weighted by atomic mass is 16.5. The summed E-state index contributed by atoms with van der Waals surface area (Å²) in [4.78, 5) is 4.44. The molecule has 2 rings (SSSR count). The molecule has 0 unspecified atom stereocenters. The Balaban J connectivity index is 2.17. The van der Waals surface area contributed by atoms with Crippen molar-refractivity contribution in [3.63, 3.8) is 0 Å². The smallest absolute Gasteiger partial charge is 0.128 e. The van der Waals surface area contributed by atoms with Gasteiger partial charge < -0.3 is 10.1 Å². The van der Waals surface area contributed by atoms with E-state index in [2.05, 4.69) is 16.4 Å². The van der Waals surface area contributed by atoms with E-state index in [1.54, 1.807) is 13.2 Å². The summed E-state index contributed by atoms with van der Waals surface area (Å²) in [5, 5.41) is 12.2. The van der Waals surface area contributed by atoms with Crippen LogP contribution in [0.15, 0.2) is 30.5 Å². The lowest BCUT2D eigenvalue weighted by molar-refractivity contribution is 0.407. The van der Waals surface area contributed by atoms with Crippen LogP contribution in [0.5, 0.6) is 5.75 Å². The fraction of sp³-hybridized carbons (Fsp3) is 0.250. The van der Waals surface area contributed by atoms with Crippen molar-refractivity contribution in [1.29, 1.82) is 5.26 Å². The third-order valence-electron chi connectivity index (χ3n) is 3.20. The van der Waals surface area contributed by atoms with Gasteiger partial charge in [0.05, 0.1) is 31.0 Å². The maximum Gasteiger partial charge on any atom is 0.128 e. The number of aromatic nitrogens is 1. The molecule has 0 amide bonds. The summed E-state index contributed by atoms with van der Waals surface area (Å²) >= 11 is 0. The zero-order valence-corrected chi connectivity index (χ0v) is 11.9. The lowest BCUT2D eigenvalue weighted by atomic mass is 10.1. The van der Waals surface area contributed by atoms with E-state index in [0.29, 0.717) is 12.1 Å². The lowest BCUT2D eigenvalue weighted by Gasteiger charge is -2.13. The molecule has 0 spiro atoms. The standard InChI is InChI=1S/C16H17N3O/c1-11-9-19-15(12(2)16(11)20-3)10-18-14-6-4-5-13(7-14)8-17/h4-7,9,18H,10H2,1-3H3. The molecule has 102 valence electrons. The minimum atomic E-state index is 0.595. The van der Waals surface area contributed by atoms with Crippen molar-refractivity contribution in [3.8, 4) is 11.8 Å². The van der Waals surface area contributed by atoms with Crippen molar-refractivity contribution in [1.82, 2.24) is 4.98 Å². The molecule has 0 aliphatic rings. The number of aryl methyl sites for hydroxylation is 1. The van der Waals surface area contributed by atoms with Gasteiger partial charge >= 0.3 is 0 Å². The van der Waals surface area contributed by atoms with Crippen LogP contribution in [0.1, 0.15) is 22.4 Å². The van der Waals surface area contributed by atoms with Gasteiger partial charge in [-0.3, -0.25) is 4.98 Å². The Kier molecular flexibility index (Phi) is 4.21. The van der Waals surface area contributed by atoms with Crippen molar-refractivity contribution in [2.45, 2.75) is 20.4 Å². The number of hydrogen-bond donors (Lipinski definition) is 1. The van der Waals surface area contributed by atoms with Crippen molar-refractivity contribution < 1.29 is 4.74 Å². The van der Waals surface area contributed by atoms with E-state index in [1.165, 1.54) is 0 Å². The number of nitrogens with one attached hydrogen (secondary N) is 1. The van der Waals surface area contributed by atoms with E-state index in [0.717, 1.165) is 28.3 Å². The molecule has 0 fully saturated rings. The Morgan fingerprint density at radius 3 is 2.85 bits per heavy atom. The molecule has 0 radical (unpaired) electrons. The van der Waals surface area contributed by atoms with Crippen LogP contribution >= 0.6 is 0 Å². The number of nitriles is 1. The predicted molar refractivity (Wildman–Crippen MR) is 78.7 cm³/mol. The zero-order valence-electron chi connectivity index (χ0n) is 11.9. The highest BCUT2D eigenvalue weighted by molar-refractivity contribution is 5.50. The van der Waals surface area contributed by atoms with Gasteiger partial charge in [0.2, 0.25) is 0 Å². The fourth-order valence-electron chi connectivity index (χ4n) is 2.13. The Bertz CT molecular complexity index is 659. The maximum atomic E-state index is 8.88. The van der Waals surface area contributed by atoms with Gasteiger partial charge in [0.1, 0.15) is 5.75 Å². The summed E-state index contributed by atoms with van der Waals surface area (Å²) in [7, 11) is 1.67. The van der Waals surface area contributed by atoms with E-state index < -0.39 is 0 Å². The topological polar surface area (TPSA) is 57.9 Å². The van der Waals surface area contributed by atoms with Crippen molar-refractivity contribution in [2.24, 2.45) is 0 Å². The molecule has 1 aromatic carbocycles. The minimum Gasteiger partial charge on any atom is -0.496 e. The van der Waals surface area contributed by atoms with Gasteiger partial charge in [-0.05, 0) is 32.0 Å². The molecule has 0 saturated heterocycles. The lowest BCUT2D eigenvalue weighted by Crippen LogP contribution is -2.06. The third kappa shape index (κ3) is 2.89. The molecule has 1 aromatic heterocycles. The maximum absolute atomic E-state index is 8.88. The first-order valence-corrected chi connectivity index (χ1v) is 6.38. The number of benzene rings is 1. The summed E-state index contributed by atoms with van der Waals surface area (Å²) < 4.78 is 5.39. The highest BCUT2D eigenvalue weighted by Gasteiger charge is 2.09. The summed E-state index contributed by atoms with van der Waals surface area (Å²) in [5.41, 5.74) is 4.55. The van der Waals surface area contributed by atoms with E-state index in [9.17, 15) is 0 Å². The molecule has 0 saturated carbocycles. The quantitative estimate of drug-likeness (QED) is 0.924. The second-order valence-electron chi connectivity index (χ2n) is 4.59. The molecule has 0 atom stereocenters. The number of ether oxygens (including phenoxy) is 1. The van der Waals surface area contributed by atoms with E-state index in [4.69, 9.17) is 10.00 Å². The average Bonchev–Trinajstić information content (AvgIpc) is 2.47. The Hall–Kier alpha value is -2.54. The van der Waals surface area contributed by atoms with Gasteiger partial charge in [-0.15, -0.1) is 0 Å². The molecule has 4 heteroatoms. The third-order valence-corrected chi connectivity index (χ3v) is 3.20. The van der Waals surface area contributed by atoms with Crippen molar-refractivity contribution >= 4 is 5.69 Å². The number of hydrogen-bond acceptors (Lipinski definition) is 4. The first kappa shape index (κ1) is 13.9. The number of nitrogens with zero attached hydrogens (tertiary/aromatic N) is 2. The van der Waals surface area contributed by atoms with Crippen LogP contribution in [-0.2, 0) is 6.54 Å². The van der Waals surface area contributed by atoms with Gasteiger partial charge in [-0.1, -0.05) is 6.07 Å². The highest BCUT2D eigenvalue weighted by Crippen LogP contribution is 2.24. The Morgan fingerprint density at radius 2 is 2.15 bits per heavy atom. The number of pyridine rings is 1. The predicted octanol–water partition coefficient (Wildman–Crippen LogP) is 3.19. The SMILES string of the molecule is COc1c(C)cnc(CNc2cccc(C#N)c2)c1C. The number of anilines is 1. The molecule has 0 aliphatic heterocycles. The van der Waals surface area contributed by atoms with Crippen LogP contribution in [0.2, 0.25) is 0 Å². The van der Waals surface area contributed by atoms with E-state index in [1.807, 2.05) is 38.2 Å². The van der Waals surface area contributed by atoms with Gasteiger partial charge in [0.25, 0.3) is 0 Å². The molecular formula is C16H17N3O. The van der Waals surface area contributed by atoms with Crippen LogP contribution in [0.4, 0.5) is 5.69 Å². The van der Waals surface area contributed by atoms with E-state index >= 15 is 0 Å². The summed E-state index contributed by atoms with van der Waals surface area (Å²) in [5.74, 6) is 0.877. The second kappa shape index (κ2) is 6.07. The van der Waals surface area contributed by atoms with Crippen LogP contribution in [-0.4, -0.2) is 12.1 Å². The van der Waals surface area contributed by atoms with Crippen LogP contribution in [0.3, 0.4) is 0 Å². The molecule has 0 aliphatic carbocycles. The molecule has 0 bridgehead atoms. The first-order valence-electron chi connectivity index (χ1n) is 6.38.